The van der Waals surface area contributed by atoms with E-state index in [0.29, 0.717) is 30.6 Å². The van der Waals surface area contributed by atoms with E-state index in [4.69, 9.17) is 0 Å². The monoisotopic (exact) mass is 531 g/mol. The van der Waals surface area contributed by atoms with E-state index in [1.807, 2.05) is 57.2 Å². The van der Waals surface area contributed by atoms with Crippen LogP contribution in [0.2, 0.25) is 0 Å². The van der Waals surface area contributed by atoms with E-state index < -0.39 is 10.8 Å². The minimum absolute atomic E-state index is 0. The van der Waals surface area contributed by atoms with E-state index in [1.54, 1.807) is 12.1 Å². The van der Waals surface area contributed by atoms with Crippen LogP contribution in [0.3, 0.4) is 0 Å². The SMILES string of the molecule is CCNC(=NCC(C)(C)c1cccc(F)c1)NCCS(=O)Cc1ccccc1.I. The predicted octanol–water partition coefficient (Wildman–Crippen LogP) is 4.23. The second kappa shape index (κ2) is 13.0. The average Bonchev–Trinajstić information content (AvgIpc) is 2.67. The molecule has 4 nitrogen and oxygen atoms in total. The van der Waals surface area contributed by atoms with Crippen molar-refractivity contribution in [3.63, 3.8) is 0 Å². The molecular weight excluding hydrogens is 500 g/mol. The second-order valence-electron chi connectivity index (χ2n) is 7.29. The summed E-state index contributed by atoms with van der Waals surface area (Å²) in [5.74, 6) is 1.55. The highest BCUT2D eigenvalue weighted by Gasteiger charge is 2.21. The van der Waals surface area contributed by atoms with Crippen LogP contribution in [-0.4, -0.2) is 35.6 Å². The van der Waals surface area contributed by atoms with Gasteiger partial charge in [-0.1, -0.05) is 56.3 Å². The van der Waals surface area contributed by atoms with Crippen LogP contribution in [0.1, 0.15) is 31.9 Å². The minimum atomic E-state index is -0.932. The molecule has 0 saturated heterocycles. The molecule has 2 aromatic rings. The van der Waals surface area contributed by atoms with Crippen molar-refractivity contribution in [2.45, 2.75) is 31.9 Å². The molecule has 7 heteroatoms. The van der Waals surface area contributed by atoms with E-state index in [2.05, 4.69) is 15.6 Å². The second-order valence-corrected chi connectivity index (χ2v) is 8.87. The molecule has 0 radical (unpaired) electrons. The summed E-state index contributed by atoms with van der Waals surface area (Å²) >= 11 is 0. The first-order valence-electron chi connectivity index (χ1n) is 9.58. The Morgan fingerprint density at radius 1 is 1.10 bits per heavy atom. The third-order valence-electron chi connectivity index (χ3n) is 4.38. The molecule has 0 bridgehead atoms. The highest BCUT2D eigenvalue weighted by Crippen LogP contribution is 2.24. The van der Waals surface area contributed by atoms with Crippen molar-refractivity contribution in [2.24, 2.45) is 4.99 Å². The summed E-state index contributed by atoms with van der Waals surface area (Å²) in [4.78, 5) is 4.65. The van der Waals surface area contributed by atoms with Gasteiger partial charge in [0.2, 0.25) is 0 Å². The van der Waals surface area contributed by atoms with Gasteiger partial charge in [-0.15, -0.1) is 24.0 Å². The maximum absolute atomic E-state index is 13.5. The Balaban J connectivity index is 0.00000420. The van der Waals surface area contributed by atoms with Gasteiger partial charge in [-0.2, -0.15) is 0 Å². The quantitative estimate of drug-likeness (QED) is 0.290. The van der Waals surface area contributed by atoms with Crippen molar-refractivity contribution in [1.82, 2.24) is 10.6 Å². The van der Waals surface area contributed by atoms with Gasteiger partial charge in [0.25, 0.3) is 0 Å². The fourth-order valence-corrected chi connectivity index (χ4v) is 3.77. The molecule has 2 rings (SSSR count). The van der Waals surface area contributed by atoms with Crippen LogP contribution in [0.15, 0.2) is 59.6 Å². The molecule has 2 N–H and O–H groups in total. The lowest BCUT2D eigenvalue weighted by Gasteiger charge is -2.24. The first kappa shape index (κ1) is 25.6. The number of guanidine groups is 1. The van der Waals surface area contributed by atoms with Crippen LogP contribution in [-0.2, 0) is 22.0 Å². The molecule has 0 aliphatic heterocycles. The first-order valence-corrected chi connectivity index (χ1v) is 11.1. The van der Waals surface area contributed by atoms with Crippen molar-refractivity contribution in [3.05, 3.63) is 71.5 Å². The molecule has 1 atom stereocenters. The third-order valence-corrected chi connectivity index (χ3v) is 5.69. The van der Waals surface area contributed by atoms with Gasteiger partial charge in [-0.05, 0) is 30.2 Å². The zero-order valence-corrected chi connectivity index (χ0v) is 20.4. The predicted molar refractivity (Wildman–Crippen MR) is 132 cm³/mol. The number of halogens is 2. The molecule has 29 heavy (non-hydrogen) atoms. The lowest BCUT2D eigenvalue weighted by Crippen LogP contribution is -2.40. The molecule has 0 aliphatic carbocycles. The highest BCUT2D eigenvalue weighted by molar-refractivity contribution is 14.0. The van der Waals surface area contributed by atoms with Gasteiger partial charge >= 0.3 is 0 Å². The number of rotatable bonds is 9. The lowest BCUT2D eigenvalue weighted by molar-refractivity contribution is 0.529. The summed E-state index contributed by atoms with van der Waals surface area (Å²) in [6.45, 7) is 7.92. The van der Waals surface area contributed by atoms with Crippen LogP contribution in [0.4, 0.5) is 4.39 Å². The molecule has 2 aromatic carbocycles. The maximum atomic E-state index is 13.5. The zero-order chi connectivity index (χ0) is 20.4. The summed E-state index contributed by atoms with van der Waals surface area (Å²) in [5.41, 5.74) is 1.70. The van der Waals surface area contributed by atoms with Gasteiger partial charge in [0.15, 0.2) is 5.96 Å². The Labute approximate surface area is 193 Å². The Morgan fingerprint density at radius 2 is 1.83 bits per heavy atom. The highest BCUT2D eigenvalue weighted by atomic mass is 127. The number of hydrogen-bond acceptors (Lipinski definition) is 2. The first-order chi connectivity index (χ1) is 13.4. The molecule has 0 aromatic heterocycles. The van der Waals surface area contributed by atoms with Crippen molar-refractivity contribution in [3.8, 4) is 0 Å². The Kier molecular flexibility index (Phi) is 11.4. The Morgan fingerprint density at radius 3 is 2.48 bits per heavy atom. The van der Waals surface area contributed by atoms with Gasteiger partial charge in [0.1, 0.15) is 5.82 Å². The fraction of sp³-hybridized carbons (Fsp3) is 0.409. The van der Waals surface area contributed by atoms with E-state index >= 15 is 0 Å². The van der Waals surface area contributed by atoms with Gasteiger partial charge in [-0.3, -0.25) is 9.20 Å². The molecule has 0 aliphatic rings. The summed E-state index contributed by atoms with van der Waals surface area (Å²) in [5, 5.41) is 6.45. The third kappa shape index (κ3) is 9.25. The van der Waals surface area contributed by atoms with Crippen molar-refractivity contribution >= 4 is 40.7 Å². The van der Waals surface area contributed by atoms with E-state index in [1.165, 1.54) is 6.07 Å². The molecule has 0 amide bonds. The van der Waals surface area contributed by atoms with Gasteiger partial charge in [0, 0.05) is 40.8 Å². The number of nitrogens with one attached hydrogen (secondary N) is 2. The number of hydrogen-bond donors (Lipinski definition) is 2. The summed E-state index contributed by atoms with van der Waals surface area (Å²) in [6.07, 6.45) is 0. The lowest BCUT2D eigenvalue weighted by atomic mass is 9.85. The van der Waals surface area contributed by atoms with Crippen molar-refractivity contribution in [1.29, 1.82) is 0 Å². The Hall–Kier alpha value is -1.48. The molecule has 0 fully saturated rings. The molecule has 0 heterocycles. The number of nitrogens with zero attached hydrogens (tertiary/aromatic N) is 1. The van der Waals surface area contributed by atoms with Crippen LogP contribution in [0, 0.1) is 5.82 Å². The van der Waals surface area contributed by atoms with Crippen LogP contribution in [0.5, 0.6) is 0 Å². The van der Waals surface area contributed by atoms with E-state index in [9.17, 15) is 8.60 Å². The van der Waals surface area contributed by atoms with Gasteiger partial charge < -0.3 is 10.6 Å². The maximum Gasteiger partial charge on any atom is 0.191 e. The van der Waals surface area contributed by atoms with Crippen LogP contribution < -0.4 is 10.6 Å². The fourth-order valence-electron chi connectivity index (χ4n) is 2.73. The van der Waals surface area contributed by atoms with Gasteiger partial charge in [-0.25, -0.2) is 4.39 Å². The smallest absolute Gasteiger partial charge is 0.191 e. The largest absolute Gasteiger partial charge is 0.357 e. The Bertz CT molecular complexity index is 800. The minimum Gasteiger partial charge on any atom is -0.357 e. The average molecular weight is 531 g/mol. The standard InChI is InChI=1S/C22H30FN3OS.HI/c1-4-24-21(25-13-14-28(27)16-18-9-6-5-7-10-18)26-17-22(2,3)19-11-8-12-20(23)15-19;/h5-12,15H,4,13-14,16-17H2,1-3H3,(H2,24,25,26);1H. The molecule has 1 unspecified atom stereocenters. The topological polar surface area (TPSA) is 53.5 Å². The molecular formula is C22H31FIN3OS. The zero-order valence-electron chi connectivity index (χ0n) is 17.3. The van der Waals surface area contributed by atoms with E-state index in [-0.39, 0.29) is 35.2 Å². The number of aliphatic imine (C=N–C) groups is 1. The summed E-state index contributed by atoms with van der Waals surface area (Å²) < 4.78 is 25.8. The van der Waals surface area contributed by atoms with Crippen LogP contribution >= 0.6 is 24.0 Å². The van der Waals surface area contributed by atoms with E-state index in [0.717, 1.165) is 17.7 Å². The number of benzene rings is 2. The summed E-state index contributed by atoms with van der Waals surface area (Å²) in [7, 11) is -0.932. The molecule has 160 valence electrons. The van der Waals surface area contributed by atoms with Gasteiger partial charge in [0.05, 0.1) is 6.54 Å². The van der Waals surface area contributed by atoms with Crippen molar-refractivity contribution < 1.29 is 8.60 Å². The van der Waals surface area contributed by atoms with Crippen LogP contribution in [0.25, 0.3) is 0 Å². The summed E-state index contributed by atoms with van der Waals surface area (Å²) in [6, 6.07) is 16.5. The molecule has 0 saturated carbocycles. The normalized spacial score (nSPS) is 12.8. The molecule has 0 spiro atoms. The van der Waals surface area contributed by atoms with Crippen molar-refractivity contribution in [2.75, 3.05) is 25.4 Å².